The number of nitrogen functional groups attached to an aromatic ring is 1. The fourth-order valence-corrected chi connectivity index (χ4v) is 3.41. The van der Waals surface area contributed by atoms with E-state index in [-0.39, 0.29) is 0 Å². The van der Waals surface area contributed by atoms with E-state index in [0.717, 1.165) is 17.9 Å². The number of hydrogen-bond donors (Lipinski definition) is 1. The zero-order valence-corrected chi connectivity index (χ0v) is 11.9. The largest absolute Gasteiger partial charge is 0.497 e. The minimum Gasteiger partial charge on any atom is -0.497 e. The first-order chi connectivity index (χ1) is 8.19. The summed E-state index contributed by atoms with van der Waals surface area (Å²) >= 11 is 1.87. The Morgan fingerprint density at radius 1 is 1.47 bits per heavy atom. The topological polar surface area (TPSA) is 52.3 Å². The van der Waals surface area contributed by atoms with Crippen LogP contribution in [0.2, 0.25) is 0 Å². The van der Waals surface area contributed by atoms with E-state index in [0.29, 0.717) is 22.1 Å². The number of rotatable bonds is 7. The van der Waals surface area contributed by atoms with Crippen LogP contribution in [0.1, 0.15) is 13.3 Å². The van der Waals surface area contributed by atoms with Crippen LogP contribution < -0.4 is 10.5 Å². The van der Waals surface area contributed by atoms with Gasteiger partial charge >= 0.3 is 0 Å². The van der Waals surface area contributed by atoms with Gasteiger partial charge in [0.1, 0.15) is 5.75 Å². The third-order valence-electron chi connectivity index (χ3n) is 2.29. The maximum Gasteiger partial charge on any atom is 0.120 e. The first-order valence-corrected chi connectivity index (χ1v) is 8.06. The second-order valence-corrected chi connectivity index (χ2v) is 6.44. The van der Waals surface area contributed by atoms with Gasteiger partial charge in [0.15, 0.2) is 0 Å². The molecule has 0 bridgehead atoms. The SMILES string of the molecule is CCSCCCS(=O)c1cc(OC)ccc1N. The van der Waals surface area contributed by atoms with Crippen molar-refractivity contribution in [2.24, 2.45) is 0 Å². The molecule has 0 aliphatic rings. The van der Waals surface area contributed by atoms with Crippen molar-refractivity contribution >= 4 is 28.2 Å². The average molecular weight is 273 g/mol. The molecule has 0 radical (unpaired) electrons. The fraction of sp³-hybridized carbons (Fsp3) is 0.500. The molecule has 1 unspecified atom stereocenters. The summed E-state index contributed by atoms with van der Waals surface area (Å²) in [4.78, 5) is 0.686. The molecule has 0 aliphatic heterocycles. The summed E-state index contributed by atoms with van der Waals surface area (Å²) in [6.45, 7) is 2.13. The van der Waals surface area contributed by atoms with Gasteiger partial charge < -0.3 is 10.5 Å². The highest BCUT2D eigenvalue weighted by Gasteiger charge is 2.09. The van der Waals surface area contributed by atoms with Crippen molar-refractivity contribution in [1.82, 2.24) is 0 Å². The average Bonchev–Trinajstić information content (AvgIpc) is 2.35. The number of benzene rings is 1. The first-order valence-electron chi connectivity index (χ1n) is 5.58. The monoisotopic (exact) mass is 273 g/mol. The Kier molecular flexibility index (Phi) is 6.44. The van der Waals surface area contributed by atoms with E-state index in [2.05, 4.69) is 6.92 Å². The van der Waals surface area contributed by atoms with E-state index in [9.17, 15) is 4.21 Å². The summed E-state index contributed by atoms with van der Waals surface area (Å²) in [7, 11) is 0.565. The molecule has 0 saturated heterocycles. The molecule has 1 rings (SSSR count). The lowest BCUT2D eigenvalue weighted by Gasteiger charge is -2.08. The first kappa shape index (κ1) is 14.4. The van der Waals surface area contributed by atoms with Gasteiger partial charge in [0, 0.05) is 11.4 Å². The zero-order valence-electron chi connectivity index (χ0n) is 10.3. The number of hydrogen-bond acceptors (Lipinski definition) is 4. The molecular formula is C12H19NO2S2. The molecule has 0 aromatic heterocycles. The van der Waals surface area contributed by atoms with Crippen LogP contribution in [0.15, 0.2) is 23.1 Å². The molecule has 0 heterocycles. The molecule has 0 saturated carbocycles. The van der Waals surface area contributed by atoms with Gasteiger partial charge in [-0.1, -0.05) is 6.92 Å². The number of nitrogens with two attached hydrogens (primary N) is 1. The van der Waals surface area contributed by atoms with Gasteiger partial charge in [-0.05, 0) is 36.1 Å². The summed E-state index contributed by atoms with van der Waals surface area (Å²) in [6.07, 6.45) is 0.946. The van der Waals surface area contributed by atoms with Gasteiger partial charge in [0.2, 0.25) is 0 Å². The van der Waals surface area contributed by atoms with E-state index in [1.807, 2.05) is 11.8 Å². The Balaban J connectivity index is 2.61. The van der Waals surface area contributed by atoms with Crippen molar-refractivity contribution in [2.45, 2.75) is 18.2 Å². The smallest absolute Gasteiger partial charge is 0.120 e. The van der Waals surface area contributed by atoms with Gasteiger partial charge in [0.25, 0.3) is 0 Å². The van der Waals surface area contributed by atoms with Gasteiger partial charge in [-0.15, -0.1) is 0 Å². The standard InChI is InChI=1S/C12H19NO2S2/c1-3-16-7-4-8-17(14)12-9-10(15-2)5-6-11(12)13/h5-6,9H,3-4,7-8,13H2,1-2H3. The summed E-state index contributed by atoms with van der Waals surface area (Å²) in [5.41, 5.74) is 6.40. The number of methoxy groups -OCH3 is 1. The molecule has 17 heavy (non-hydrogen) atoms. The second kappa shape index (κ2) is 7.61. The molecular weight excluding hydrogens is 254 g/mol. The minimum absolute atomic E-state index is 0.576. The van der Waals surface area contributed by atoms with Crippen molar-refractivity contribution in [3.63, 3.8) is 0 Å². The lowest BCUT2D eigenvalue weighted by Crippen LogP contribution is -2.03. The van der Waals surface area contributed by atoms with E-state index < -0.39 is 10.8 Å². The van der Waals surface area contributed by atoms with Crippen molar-refractivity contribution in [1.29, 1.82) is 0 Å². The maximum absolute atomic E-state index is 12.1. The summed E-state index contributed by atoms with van der Waals surface area (Å²) in [5, 5.41) is 0. The summed E-state index contributed by atoms with van der Waals surface area (Å²) in [6, 6.07) is 5.29. The highest BCUT2D eigenvalue weighted by atomic mass is 32.2. The van der Waals surface area contributed by atoms with E-state index in [1.54, 1.807) is 25.3 Å². The van der Waals surface area contributed by atoms with Crippen LogP contribution in [-0.4, -0.2) is 28.6 Å². The predicted molar refractivity (Wildman–Crippen MR) is 76.3 cm³/mol. The molecule has 1 aromatic rings. The van der Waals surface area contributed by atoms with Crippen molar-refractivity contribution in [3.05, 3.63) is 18.2 Å². The molecule has 0 fully saturated rings. The second-order valence-electron chi connectivity index (χ2n) is 3.50. The summed E-state index contributed by atoms with van der Waals surface area (Å²) < 4.78 is 17.2. The Bertz CT molecular complexity index is 383. The molecule has 0 spiro atoms. The Hall–Kier alpha value is -0.680. The van der Waals surface area contributed by atoms with Crippen molar-refractivity contribution in [2.75, 3.05) is 30.1 Å². The Morgan fingerprint density at radius 2 is 2.24 bits per heavy atom. The highest BCUT2D eigenvalue weighted by Crippen LogP contribution is 2.23. The van der Waals surface area contributed by atoms with Crippen molar-refractivity contribution in [3.8, 4) is 5.75 Å². The highest BCUT2D eigenvalue weighted by molar-refractivity contribution is 7.99. The molecule has 0 amide bonds. The van der Waals surface area contributed by atoms with Crippen LogP contribution in [0.3, 0.4) is 0 Å². The quantitative estimate of drug-likeness (QED) is 0.612. The zero-order chi connectivity index (χ0) is 12.7. The van der Waals surface area contributed by atoms with Crippen LogP contribution in [-0.2, 0) is 10.8 Å². The third kappa shape index (κ3) is 4.60. The maximum atomic E-state index is 12.1. The van der Waals surface area contributed by atoms with Gasteiger partial charge in [-0.2, -0.15) is 11.8 Å². The molecule has 3 nitrogen and oxygen atoms in total. The van der Waals surface area contributed by atoms with Gasteiger partial charge in [-0.25, -0.2) is 0 Å². The van der Waals surface area contributed by atoms with E-state index in [1.165, 1.54) is 0 Å². The lowest BCUT2D eigenvalue weighted by molar-refractivity contribution is 0.413. The van der Waals surface area contributed by atoms with Crippen LogP contribution >= 0.6 is 11.8 Å². The molecule has 0 aliphatic carbocycles. The van der Waals surface area contributed by atoms with Gasteiger partial charge in [-0.3, -0.25) is 4.21 Å². The van der Waals surface area contributed by atoms with Crippen molar-refractivity contribution < 1.29 is 8.95 Å². The van der Waals surface area contributed by atoms with Crippen LogP contribution in [0.25, 0.3) is 0 Å². The van der Waals surface area contributed by atoms with E-state index in [4.69, 9.17) is 10.5 Å². The third-order valence-corrected chi connectivity index (χ3v) is 4.78. The van der Waals surface area contributed by atoms with Crippen LogP contribution in [0.4, 0.5) is 5.69 Å². The number of ether oxygens (including phenoxy) is 1. The molecule has 5 heteroatoms. The normalized spacial score (nSPS) is 12.4. The molecule has 96 valence electrons. The molecule has 1 aromatic carbocycles. The fourth-order valence-electron chi connectivity index (χ4n) is 1.39. The molecule has 1 atom stereocenters. The number of anilines is 1. The van der Waals surface area contributed by atoms with Crippen LogP contribution in [0.5, 0.6) is 5.75 Å². The predicted octanol–water partition coefficient (Wildman–Crippen LogP) is 2.53. The Morgan fingerprint density at radius 3 is 2.88 bits per heavy atom. The minimum atomic E-state index is -1.03. The summed E-state index contributed by atoms with van der Waals surface area (Å²) in [5.74, 6) is 3.51. The van der Waals surface area contributed by atoms with Gasteiger partial charge in [0.05, 0.1) is 22.8 Å². The van der Waals surface area contributed by atoms with Crippen LogP contribution in [0, 0.1) is 0 Å². The molecule has 2 N–H and O–H groups in total. The Labute approximate surface area is 110 Å². The van der Waals surface area contributed by atoms with E-state index >= 15 is 0 Å². The lowest BCUT2D eigenvalue weighted by atomic mass is 10.3. The number of thioether (sulfide) groups is 1.